The summed E-state index contributed by atoms with van der Waals surface area (Å²) in [6, 6.07) is 0. The van der Waals surface area contributed by atoms with Crippen molar-refractivity contribution in [3.05, 3.63) is 0 Å². The predicted molar refractivity (Wildman–Crippen MR) is 270 cm³/mol. The van der Waals surface area contributed by atoms with Crippen LogP contribution in [0.5, 0.6) is 0 Å². The summed E-state index contributed by atoms with van der Waals surface area (Å²) >= 11 is 9.89. The quantitative estimate of drug-likeness (QED) is 0.0263. The summed E-state index contributed by atoms with van der Waals surface area (Å²) < 4.78 is 0. The minimum Gasteiger partial charge on any atom is -0.854 e. The molecule has 0 saturated heterocycles. The molecule has 0 aliphatic carbocycles. The first kappa shape index (κ1) is 73.9. The second-order valence-electron chi connectivity index (χ2n) is 18.5. The van der Waals surface area contributed by atoms with Crippen LogP contribution in [0.4, 0.5) is 0 Å². The van der Waals surface area contributed by atoms with E-state index in [1.807, 2.05) is 0 Å². The molecular formula is C48H100O4P2S4Zn3. The molecule has 13 heteroatoms. The van der Waals surface area contributed by atoms with Gasteiger partial charge >= 0.3 is 58.4 Å². The molecule has 61 heavy (non-hydrogen) atoms. The van der Waals surface area contributed by atoms with Gasteiger partial charge in [-0.3, -0.25) is 0 Å². The standard InChI is InChI=1S/2C24H50O2PS2.3Zn/c2*1-5-7-9-11-13-15-17-19-23(3)21-29(27(25,26)28)22-24(4)20-18-16-14-12-10-8-6-2;;;/h2*23-24H,5-22H2,1-4H3;;;/q2*-3;3*+2. The van der Waals surface area contributed by atoms with Gasteiger partial charge in [-0.2, -0.15) is 0 Å². The molecule has 0 bridgehead atoms. The van der Waals surface area contributed by atoms with Gasteiger partial charge < -0.3 is 55.5 Å². The summed E-state index contributed by atoms with van der Waals surface area (Å²) in [7, 11) is -1.22. The third kappa shape index (κ3) is 53.2. The predicted octanol–water partition coefficient (Wildman–Crippen LogP) is 14.2. The van der Waals surface area contributed by atoms with Gasteiger partial charge in [-0.15, -0.1) is 0 Å². The second kappa shape index (κ2) is 51.8. The van der Waals surface area contributed by atoms with Gasteiger partial charge in [-0.1, -0.05) is 235 Å². The van der Waals surface area contributed by atoms with E-state index >= 15 is 0 Å². The van der Waals surface area contributed by atoms with E-state index in [1.54, 1.807) is 0 Å². The molecule has 0 heterocycles. The average molecular weight is 1130 g/mol. The van der Waals surface area contributed by atoms with Gasteiger partial charge in [0, 0.05) is 0 Å². The molecular weight excluding hydrogens is 1030 g/mol. The molecule has 0 aromatic rings. The van der Waals surface area contributed by atoms with Crippen LogP contribution in [0.2, 0.25) is 0 Å². The van der Waals surface area contributed by atoms with E-state index in [1.165, 1.54) is 180 Å². The van der Waals surface area contributed by atoms with Gasteiger partial charge in [0.25, 0.3) is 0 Å². The Hall–Kier alpha value is 3.97. The first-order chi connectivity index (χ1) is 27.6. The van der Waals surface area contributed by atoms with Crippen molar-refractivity contribution in [2.24, 2.45) is 23.7 Å². The van der Waals surface area contributed by atoms with E-state index in [0.29, 0.717) is 23.7 Å². The minimum atomic E-state index is -3.64. The molecule has 0 aromatic heterocycles. The van der Waals surface area contributed by atoms with Gasteiger partial charge in [0.05, 0.1) is 0 Å². The van der Waals surface area contributed by atoms with Gasteiger partial charge in [-0.25, -0.2) is 20.1 Å². The summed E-state index contributed by atoms with van der Waals surface area (Å²) in [5.74, 6) is 5.08. The van der Waals surface area contributed by atoms with Crippen molar-refractivity contribution in [3.8, 4) is 0 Å². The monoisotopic (exact) mass is 1120 g/mol. The van der Waals surface area contributed by atoms with E-state index in [4.69, 9.17) is 24.5 Å². The Labute approximate surface area is 437 Å². The fourth-order valence-corrected chi connectivity index (χ4v) is 19.7. The molecule has 0 aliphatic heterocycles. The molecule has 0 rings (SSSR count). The van der Waals surface area contributed by atoms with Crippen LogP contribution in [0.3, 0.4) is 0 Å². The molecule has 4 atom stereocenters. The Morgan fingerprint density at radius 2 is 0.459 bits per heavy atom. The fraction of sp³-hybridized carbons (Fsp3) is 1.00. The summed E-state index contributed by atoms with van der Waals surface area (Å²) in [5, 5.41) is 0. The van der Waals surface area contributed by atoms with E-state index < -0.39 is 31.5 Å². The molecule has 0 aromatic carbocycles. The van der Waals surface area contributed by atoms with Crippen LogP contribution in [0.15, 0.2) is 0 Å². The van der Waals surface area contributed by atoms with Crippen molar-refractivity contribution in [1.29, 1.82) is 0 Å². The average Bonchev–Trinajstić information content (AvgIpc) is 3.15. The van der Waals surface area contributed by atoms with Crippen LogP contribution in [0.25, 0.3) is 0 Å². The van der Waals surface area contributed by atoms with E-state index in [-0.39, 0.29) is 58.4 Å². The van der Waals surface area contributed by atoms with Gasteiger partial charge in [0.2, 0.25) is 0 Å². The molecule has 4 unspecified atom stereocenters. The second-order valence-corrected chi connectivity index (χ2v) is 33.8. The Kier molecular flexibility index (Phi) is 62.8. The van der Waals surface area contributed by atoms with Crippen LogP contribution >= 0.6 is 11.4 Å². The topological polar surface area (TPSA) is 92.2 Å². The Morgan fingerprint density at radius 3 is 0.607 bits per heavy atom. The summed E-state index contributed by atoms with van der Waals surface area (Å²) in [4.78, 5) is 48.8. The van der Waals surface area contributed by atoms with Crippen LogP contribution in [-0.4, -0.2) is 23.0 Å². The zero-order chi connectivity index (χ0) is 43.9. The fourth-order valence-electron chi connectivity index (χ4n) is 7.95. The van der Waals surface area contributed by atoms with E-state index in [9.17, 15) is 19.6 Å². The van der Waals surface area contributed by atoms with Crippen LogP contribution in [0.1, 0.15) is 261 Å². The van der Waals surface area contributed by atoms with Crippen LogP contribution in [0, 0.1) is 23.7 Å². The maximum Gasteiger partial charge on any atom is 2.00 e. The molecule has 0 saturated carbocycles. The van der Waals surface area contributed by atoms with Crippen molar-refractivity contribution in [1.82, 2.24) is 0 Å². The SMILES string of the molecule is CCCCCCCCCC(C)CS(CC(C)CCCCCCCCC)=P([O-])([O-])[S-].CCCCCCCCCC(C)CS(CC(C)CCCCCCCCC)=P([O-])([O-])[S-].[Zn+2].[Zn+2].[Zn+2]. The van der Waals surface area contributed by atoms with Gasteiger partial charge in [0.1, 0.15) is 0 Å². The van der Waals surface area contributed by atoms with Gasteiger partial charge in [-0.05, 0) is 72.4 Å². The Morgan fingerprint density at radius 1 is 0.311 bits per heavy atom. The third-order valence-electron chi connectivity index (χ3n) is 11.7. The molecule has 0 N–H and O–H groups in total. The van der Waals surface area contributed by atoms with Gasteiger partial charge in [0.15, 0.2) is 0 Å². The Balaban J connectivity index is -0.000000327. The van der Waals surface area contributed by atoms with Crippen molar-refractivity contribution in [2.45, 2.75) is 261 Å². The van der Waals surface area contributed by atoms with Crippen molar-refractivity contribution in [2.75, 3.05) is 23.0 Å². The first-order valence-electron chi connectivity index (χ1n) is 25.0. The van der Waals surface area contributed by atoms with E-state index in [0.717, 1.165) is 48.7 Å². The molecule has 4 nitrogen and oxygen atoms in total. The summed E-state index contributed by atoms with van der Waals surface area (Å²) in [6.45, 7) is 17.9. The number of rotatable bonds is 40. The number of hydrogen-bond donors (Lipinski definition) is 0. The van der Waals surface area contributed by atoms with Crippen molar-refractivity contribution >= 4 is 56.0 Å². The molecule has 0 aliphatic rings. The molecule has 0 fully saturated rings. The third-order valence-corrected chi connectivity index (χ3v) is 26.2. The van der Waals surface area contributed by atoms with Crippen molar-refractivity contribution < 1.29 is 78.0 Å². The van der Waals surface area contributed by atoms with Crippen molar-refractivity contribution in [3.63, 3.8) is 0 Å². The largest absolute Gasteiger partial charge is 2.00 e. The minimum absolute atomic E-state index is 0. The van der Waals surface area contributed by atoms with E-state index in [2.05, 4.69) is 55.4 Å². The molecule has 0 radical (unpaired) electrons. The first-order valence-corrected chi connectivity index (χ1v) is 34.6. The molecule has 356 valence electrons. The maximum atomic E-state index is 12.2. The zero-order valence-electron chi connectivity index (χ0n) is 42.0. The van der Waals surface area contributed by atoms with Crippen LogP contribution in [-0.2, 0) is 103 Å². The number of hydrogen-bond acceptors (Lipinski definition) is 6. The number of unbranched alkanes of at least 4 members (excludes halogenated alkanes) is 24. The zero-order valence-corrected chi connectivity index (χ0v) is 56.0. The van der Waals surface area contributed by atoms with Crippen LogP contribution < -0.4 is 19.6 Å². The summed E-state index contributed by atoms with van der Waals surface area (Å²) in [6.07, 6.45) is 41.5. The maximum absolute atomic E-state index is 12.2. The smallest absolute Gasteiger partial charge is 0.854 e. The Bertz CT molecular complexity index is 869. The molecule has 0 amide bonds. The summed E-state index contributed by atoms with van der Waals surface area (Å²) in [5.41, 5.74) is -7.27. The molecule has 0 spiro atoms. The normalized spacial score (nSPS) is 14.7.